The van der Waals surface area contributed by atoms with Crippen molar-refractivity contribution in [3.8, 4) is 0 Å². The second kappa shape index (κ2) is 2.33. The Morgan fingerprint density at radius 2 is 1.40 bits per heavy atom. The number of hydrogen-bond donors (Lipinski definition) is 0. The van der Waals surface area contributed by atoms with Crippen molar-refractivity contribution in [3.63, 3.8) is 0 Å². The van der Waals surface area contributed by atoms with E-state index in [9.17, 15) is 0 Å². The van der Waals surface area contributed by atoms with E-state index in [1.165, 1.54) is 22.3 Å². The van der Waals surface area contributed by atoms with Crippen LogP contribution >= 0.6 is 0 Å². The minimum atomic E-state index is 0.0834. The highest BCUT2D eigenvalue weighted by molar-refractivity contribution is 5.74. The van der Waals surface area contributed by atoms with Gasteiger partial charge >= 0.3 is 0 Å². The van der Waals surface area contributed by atoms with Gasteiger partial charge in [0, 0.05) is 6.42 Å². The molecule has 0 nitrogen and oxygen atoms in total. The van der Waals surface area contributed by atoms with Crippen molar-refractivity contribution < 1.29 is 0 Å². The zero-order chi connectivity index (χ0) is 9.88. The second-order valence-electron chi connectivity index (χ2n) is 4.31. The highest BCUT2D eigenvalue weighted by atomic mass is 14.6. The topological polar surface area (TPSA) is 0 Å². The van der Waals surface area contributed by atoms with E-state index in [1.807, 2.05) is 0 Å². The molecule has 2 aliphatic carbocycles. The number of fused-ring (bicyclic) bond motifs is 5. The van der Waals surface area contributed by atoms with Crippen molar-refractivity contribution >= 4 is 0 Å². The smallest absolute Gasteiger partial charge is 0.0532 e. The fraction of sp³-hybridized carbons (Fsp3) is 0.133. The lowest BCUT2D eigenvalue weighted by Gasteiger charge is -2.08. The zero-order valence-electron chi connectivity index (χ0n) is 8.33. The standard InChI is InChI=1S/C15H10/c1-2-6-12-11(5-1)9-10-15(12)13-7-3-4-8-14(13)15/h1-8H,9H2. The highest BCUT2D eigenvalue weighted by Gasteiger charge is 2.54. The predicted molar refractivity (Wildman–Crippen MR) is 59.7 cm³/mol. The summed E-state index contributed by atoms with van der Waals surface area (Å²) in [5, 5.41) is 0. The van der Waals surface area contributed by atoms with Crippen LogP contribution in [0.2, 0.25) is 0 Å². The normalized spacial score (nSPS) is 18.7. The lowest BCUT2D eigenvalue weighted by Crippen LogP contribution is -2.04. The molecule has 0 bridgehead atoms. The van der Waals surface area contributed by atoms with E-state index < -0.39 is 0 Å². The Morgan fingerprint density at radius 1 is 0.800 bits per heavy atom. The largest absolute Gasteiger partial charge is 0.0620 e. The molecule has 0 unspecified atom stereocenters. The Morgan fingerprint density at radius 3 is 2.13 bits per heavy atom. The Bertz CT molecular complexity index is 528. The molecule has 0 saturated heterocycles. The summed E-state index contributed by atoms with van der Waals surface area (Å²) in [4.78, 5) is 0. The van der Waals surface area contributed by atoms with Crippen LogP contribution < -0.4 is 0 Å². The SMILES string of the molecule is [C]1Cc2ccccc2C12c1ccccc12. The van der Waals surface area contributed by atoms with Crippen molar-refractivity contribution in [3.05, 3.63) is 77.2 Å². The second-order valence-corrected chi connectivity index (χ2v) is 4.31. The van der Waals surface area contributed by atoms with Crippen molar-refractivity contribution in [2.45, 2.75) is 11.8 Å². The maximum absolute atomic E-state index is 3.64. The molecule has 2 aromatic carbocycles. The average Bonchev–Trinajstić information content (AvgIpc) is 2.77. The minimum Gasteiger partial charge on any atom is -0.0620 e. The van der Waals surface area contributed by atoms with Gasteiger partial charge in [0.25, 0.3) is 0 Å². The maximum Gasteiger partial charge on any atom is 0.0532 e. The predicted octanol–water partition coefficient (Wildman–Crippen LogP) is 2.97. The van der Waals surface area contributed by atoms with E-state index in [1.54, 1.807) is 0 Å². The van der Waals surface area contributed by atoms with Crippen LogP contribution in [0.5, 0.6) is 0 Å². The first-order valence-corrected chi connectivity index (χ1v) is 5.36. The zero-order valence-corrected chi connectivity index (χ0v) is 8.33. The fourth-order valence-corrected chi connectivity index (χ4v) is 2.90. The lowest BCUT2D eigenvalue weighted by atomic mass is 9.93. The monoisotopic (exact) mass is 190 g/mol. The van der Waals surface area contributed by atoms with Crippen molar-refractivity contribution in [1.82, 2.24) is 0 Å². The van der Waals surface area contributed by atoms with Crippen LogP contribution in [-0.2, 0) is 11.8 Å². The van der Waals surface area contributed by atoms with E-state index in [0.717, 1.165) is 6.42 Å². The third kappa shape index (κ3) is 0.753. The highest BCUT2D eigenvalue weighted by Crippen LogP contribution is 2.60. The maximum atomic E-state index is 3.64. The summed E-state index contributed by atoms with van der Waals surface area (Å²) in [5.74, 6) is 0. The molecule has 15 heavy (non-hydrogen) atoms. The van der Waals surface area contributed by atoms with Crippen LogP contribution in [0.4, 0.5) is 0 Å². The Kier molecular flexibility index (Phi) is 1.19. The van der Waals surface area contributed by atoms with Gasteiger partial charge in [-0.3, -0.25) is 0 Å². The van der Waals surface area contributed by atoms with Crippen molar-refractivity contribution in [1.29, 1.82) is 0 Å². The van der Waals surface area contributed by atoms with Crippen molar-refractivity contribution in [2.24, 2.45) is 0 Å². The molecular formula is C15H10. The molecule has 0 aliphatic heterocycles. The molecule has 1 spiro atoms. The molecule has 4 rings (SSSR count). The van der Waals surface area contributed by atoms with Crippen LogP contribution in [-0.4, -0.2) is 0 Å². The van der Waals surface area contributed by atoms with Gasteiger partial charge < -0.3 is 0 Å². The van der Waals surface area contributed by atoms with Crippen LogP contribution in [0.3, 0.4) is 0 Å². The van der Waals surface area contributed by atoms with Crippen LogP contribution in [0, 0.1) is 6.42 Å². The van der Waals surface area contributed by atoms with Gasteiger partial charge in [0.15, 0.2) is 0 Å². The molecule has 2 aromatic rings. The summed E-state index contributed by atoms with van der Waals surface area (Å²) < 4.78 is 0. The van der Waals surface area contributed by atoms with Crippen molar-refractivity contribution in [2.75, 3.05) is 0 Å². The van der Waals surface area contributed by atoms with Crippen LogP contribution in [0.1, 0.15) is 22.3 Å². The summed E-state index contributed by atoms with van der Waals surface area (Å²) in [6.07, 6.45) is 4.63. The molecular weight excluding hydrogens is 180 g/mol. The van der Waals surface area contributed by atoms with E-state index in [-0.39, 0.29) is 5.41 Å². The molecule has 0 amide bonds. The fourth-order valence-electron chi connectivity index (χ4n) is 2.90. The summed E-state index contributed by atoms with van der Waals surface area (Å²) in [7, 11) is 0. The van der Waals surface area contributed by atoms with E-state index in [0.29, 0.717) is 0 Å². The molecule has 0 heterocycles. The van der Waals surface area contributed by atoms with Gasteiger partial charge in [-0.2, -0.15) is 0 Å². The summed E-state index contributed by atoms with van der Waals surface area (Å²) in [6.45, 7) is 0. The van der Waals surface area contributed by atoms with Gasteiger partial charge in [-0.15, -0.1) is 0 Å². The van der Waals surface area contributed by atoms with Crippen LogP contribution in [0.15, 0.2) is 48.5 Å². The number of rotatable bonds is 0. The Labute approximate surface area is 89.6 Å². The third-order valence-electron chi connectivity index (χ3n) is 3.64. The third-order valence-corrected chi connectivity index (χ3v) is 3.64. The molecule has 0 atom stereocenters. The molecule has 0 N–H and O–H groups in total. The van der Waals surface area contributed by atoms with Gasteiger partial charge in [-0.25, -0.2) is 0 Å². The summed E-state index contributed by atoms with van der Waals surface area (Å²) in [6, 6.07) is 17.4. The quantitative estimate of drug-likeness (QED) is 0.599. The molecule has 70 valence electrons. The molecule has 0 heteroatoms. The minimum absolute atomic E-state index is 0.0834. The van der Waals surface area contributed by atoms with Gasteiger partial charge in [0.1, 0.15) is 0 Å². The summed E-state index contributed by atoms with van der Waals surface area (Å²) in [5.41, 5.74) is 5.88. The first kappa shape index (κ1) is 7.70. The van der Waals surface area contributed by atoms with Gasteiger partial charge in [0.05, 0.1) is 5.41 Å². The first-order chi connectivity index (χ1) is 7.43. The first-order valence-electron chi connectivity index (χ1n) is 5.36. The number of benzene rings is 2. The Hall–Kier alpha value is -1.56. The van der Waals surface area contributed by atoms with Gasteiger partial charge in [-0.1, -0.05) is 48.5 Å². The van der Waals surface area contributed by atoms with E-state index in [2.05, 4.69) is 55.0 Å². The molecule has 0 saturated carbocycles. The number of hydrogen-bond acceptors (Lipinski definition) is 0. The van der Waals surface area contributed by atoms with E-state index in [4.69, 9.17) is 0 Å². The molecule has 2 radical (unpaired) electrons. The lowest BCUT2D eigenvalue weighted by molar-refractivity contribution is 0.910. The summed E-state index contributed by atoms with van der Waals surface area (Å²) >= 11 is 0. The average molecular weight is 190 g/mol. The van der Waals surface area contributed by atoms with Gasteiger partial charge in [-0.05, 0) is 28.7 Å². The Balaban J connectivity index is 1.98. The van der Waals surface area contributed by atoms with E-state index >= 15 is 0 Å². The molecule has 0 aromatic heterocycles. The molecule has 0 fully saturated rings. The van der Waals surface area contributed by atoms with Gasteiger partial charge in [0.2, 0.25) is 0 Å². The van der Waals surface area contributed by atoms with Crippen LogP contribution in [0.25, 0.3) is 0 Å². The molecule has 2 aliphatic rings.